The number of ether oxygens (including phenoxy) is 1. The number of aromatic nitrogens is 2. The van der Waals surface area contributed by atoms with Crippen LogP contribution in [0.2, 0.25) is 0 Å². The largest absolute Gasteiger partial charge is 0.378 e. The first-order valence-electron chi connectivity index (χ1n) is 11.4. The maximum absolute atomic E-state index is 14.8. The number of urea groups is 1. The third-order valence-corrected chi connectivity index (χ3v) is 6.17. The van der Waals surface area contributed by atoms with Crippen molar-refractivity contribution < 1.29 is 18.3 Å². The Morgan fingerprint density at radius 3 is 2.64 bits per heavy atom. The molecule has 3 heterocycles. The number of nitrogens with two attached hydrogens (primary N) is 1. The van der Waals surface area contributed by atoms with Gasteiger partial charge in [-0.05, 0) is 30.9 Å². The first-order chi connectivity index (χ1) is 16.0. The Balaban J connectivity index is 1.57. The van der Waals surface area contributed by atoms with Crippen molar-refractivity contribution in [2.45, 2.75) is 32.1 Å². The number of hydrogen-bond acceptors (Lipinski definition) is 5. The fourth-order valence-electron chi connectivity index (χ4n) is 4.25. The number of halogens is 2. The number of carbonyl (C=O) groups is 1. The van der Waals surface area contributed by atoms with Gasteiger partial charge >= 0.3 is 6.03 Å². The average molecular weight is 461 g/mol. The lowest BCUT2D eigenvalue weighted by atomic mass is 9.95. The van der Waals surface area contributed by atoms with E-state index in [1.807, 2.05) is 13.0 Å². The van der Waals surface area contributed by atoms with E-state index in [0.29, 0.717) is 44.2 Å². The average Bonchev–Trinajstić information content (AvgIpc) is 3.48. The highest BCUT2D eigenvalue weighted by molar-refractivity contribution is 5.89. The van der Waals surface area contributed by atoms with Crippen LogP contribution in [0.3, 0.4) is 0 Å². The molecule has 0 spiro atoms. The summed E-state index contributed by atoms with van der Waals surface area (Å²) in [5.74, 6) is -0.653. The van der Waals surface area contributed by atoms with Crippen LogP contribution in [0.1, 0.15) is 37.7 Å². The molecule has 2 aromatic rings. The van der Waals surface area contributed by atoms with Crippen molar-refractivity contribution in [3.05, 3.63) is 41.6 Å². The van der Waals surface area contributed by atoms with Crippen molar-refractivity contribution in [1.29, 1.82) is 0 Å². The third kappa shape index (κ3) is 5.11. The molecule has 1 unspecified atom stereocenters. The van der Waals surface area contributed by atoms with E-state index in [0.717, 1.165) is 37.8 Å². The van der Waals surface area contributed by atoms with Crippen LogP contribution in [-0.2, 0) is 4.74 Å². The number of imidazole rings is 1. The zero-order valence-electron chi connectivity index (χ0n) is 18.8. The molecule has 0 radical (unpaired) electrons. The molecule has 8 nitrogen and oxygen atoms in total. The van der Waals surface area contributed by atoms with Crippen molar-refractivity contribution in [2.24, 2.45) is 0 Å². The Bertz CT molecular complexity index is 1010. The molecule has 2 saturated heterocycles. The van der Waals surface area contributed by atoms with Crippen LogP contribution in [0.15, 0.2) is 24.4 Å². The van der Waals surface area contributed by atoms with Gasteiger partial charge in [0.15, 0.2) is 0 Å². The highest BCUT2D eigenvalue weighted by atomic mass is 19.1. The van der Waals surface area contributed by atoms with E-state index in [2.05, 4.69) is 15.2 Å². The van der Waals surface area contributed by atoms with E-state index in [-0.39, 0.29) is 17.6 Å². The number of allylic oxidation sites excluding steroid dienone is 1. The van der Waals surface area contributed by atoms with Gasteiger partial charge in [0.05, 0.1) is 25.1 Å². The minimum atomic E-state index is -0.795. The van der Waals surface area contributed by atoms with Crippen LogP contribution in [0.4, 0.5) is 31.0 Å². The Hall–Kier alpha value is -3.14. The molecule has 0 saturated carbocycles. The molecule has 0 bridgehead atoms. The van der Waals surface area contributed by atoms with Gasteiger partial charge in [0.1, 0.15) is 17.5 Å². The van der Waals surface area contributed by atoms with E-state index in [4.69, 9.17) is 10.5 Å². The van der Waals surface area contributed by atoms with E-state index in [1.165, 1.54) is 6.07 Å². The number of benzene rings is 1. The van der Waals surface area contributed by atoms with E-state index in [1.54, 1.807) is 21.9 Å². The summed E-state index contributed by atoms with van der Waals surface area (Å²) in [5, 5.41) is 2.60. The normalized spacial score (nSPS) is 17.7. The lowest BCUT2D eigenvalue weighted by Gasteiger charge is -2.28. The van der Waals surface area contributed by atoms with Crippen LogP contribution in [-0.4, -0.2) is 59.9 Å². The number of likely N-dealkylation sites (tertiary alicyclic amines) is 1. The Labute approximate surface area is 192 Å². The molecular formula is C23H30F2N6O2. The third-order valence-electron chi connectivity index (χ3n) is 6.17. The van der Waals surface area contributed by atoms with Crippen LogP contribution >= 0.6 is 0 Å². The lowest BCUT2D eigenvalue weighted by molar-refractivity contribution is 0.122. The number of amides is 2. The maximum atomic E-state index is 14.8. The summed E-state index contributed by atoms with van der Waals surface area (Å²) in [6.07, 6.45) is 7.72. The summed E-state index contributed by atoms with van der Waals surface area (Å²) in [5.41, 5.74) is 6.35. The highest BCUT2D eigenvalue weighted by Gasteiger charge is 2.22. The molecule has 1 aromatic carbocycles. The molecule has 178 valence electrons. The number of rotatable bonds is 6. The quantitative estimate of drug-likeness (QED) is 0.683. The summed E-state index contributed by atoms with van der Waals surface area (Å²) in [6, 6.07) is 1.85. The van der Waals surface area contributed by atoms with Gasteiger partial charge in [0.25, 0.3) is 0 Å². The summed E-state index contributed by atoms with van der Waals surface area (Å²) < 4.78 is 36.4. The second-order valence-electron chi connectivity index (χ2n) is 8.28. The van der Waals surface area contributed by atoms with Gasteiger partial charge in [-0.2, -0.15) is 0 Å². The SMILES string of the molecule is CCC(/C=C\n1c(N2CCOCC2)cnc1N)c1cc(NC(=O)N2CCCC2)c(F)cc1F. The number of nitrogens with one attached hydrogen (secondary N) is 1. The van der Waals surface area contributed by atoms with Gasteiger partial charge < -0.3 is 25.6 Å². The van der Waals surface area contributed by atoms with Crippen molar-refractivity contribution in [1.82, 2.24) is 14.5 Å². The summed E-state index contributed by atoms with van der Waals surface area (Å²) in [7, 11) is 0. The van der Waals surface area contributed by atoms with E-state index in [9.17, 15) is 13.6 Å². The van der Waals surface area contributed by atoms with Crippen molar-refractivity contribution in [2.75, 3.05) is 55.3 Å². The van der Waals surface area contributed by atoms with E-state index >= 15 is 0 Å². The number of nitrogen functional groups attached to an aromatic ring is 1. The number of nitrogens with zero attached hydrogens (tertiary/aromatic N) is 4. The van der Waals surface area contributed by atoms with Crippen molar-refractivity contribution in [3.8, 4) is 0 Å². The second kappa shape index (κ2) is 10.2. The van der Waals surface area contributed by atoms with Gasteiger partial charge in [-0.15, -0.1) is 0 Å². The molecule has 0 aliphatic carbocycles. The predicted molar refractivity (Wildman–Crippen MR) is 124 cm³/mol. The molecule has 2 amide bonds. The first kappa shape index (κ1) is 23.0. The molecule has 33 heavy (non-hydrogen) atoms. The van der Waals surface area contributed by atoms with Crippen LogP contribution < -0.4 is 16.0 Å². The van der Waals surface area contributed by atoms with Crippen molar-refractivity contribution >= 4 is 29.7 Å². The minimum Gasteiger partial charge on any atom is -0.378 e. The first-order valence-corrected chi connectivity index (χ1v) is 11.4. The fraction of sp³-hybridized carbons (Fsp3) is 0.478. The number of anilines is 3. The number of morpholine rings is 1. The topological polar surface area (TPSA) is 88.6 Å². The monoisotopic (exact) mass is 460 g/mol. The molecule has 4 rings (SSSR count). The Kier molecular flexibility index (Phi) is 7.12. The fourth-order valence-corrected chi connectivity index (χ4v) is 4.25. The molecule has 2 aliphatic heterocycles. The zero-order valence-corrected chi connectivity index (χ0v) is 18.8. The van der Waals surface area contributed by atoms with Crippen LogP contribution in [0, 0.1) is 11.6 Å². The Morgan fingerprint density at radius 2 is 1.94 bits per heavy atom. The standard InChI is InChI=1S/C23H30F2N6O2/c1-2-16(5-8-31-21(15-27-22(31)26)29-9-11-33-12-10-29)17-13-20(19(25)14-18(17)24)28-23(32)30-6-3-4-7-30/h5,8,13-16H,2-4,6-7,9-12H2,1H3,(H2,26,27)(H,28,32)/b8-5-. The predicted octanol–water partition coefficient (Wildman–Crippen LogP) is 3.87. The summed E-state index contributed by atoms with van der Waals surface area (Å²) >= 11 is 0. The molecule has 2 fully saturated rings. The summed E-state index contributed by atoms with van der Waals surface area (Å²) in [4.78, 5) is 20.4. The smallest absolute Gasteiger partial charge is 0.321 e. The molecular weight excluding hydrogens is 430 g/mol. The lowest BCUT2D eigenvalue weighted by Crippen LogP contribution is -2.37. The van der Waals surface area contributed by atoms with Gasteiger partial charge in [-0.3, -0.25) is 4.57 Å². The van der Waals surface area contributed by atoms with Crippen molar-refractivity contribution in [3.63, 3.8) is 0 Å². The van der Waals surface area contributed by atoms with Gasteiger partial charge in [0.2, 0.25) is 5.95 Å². The number of carbonyl (C=O) groups excluding carboxylic acids is 1. The van der Waals surface area contributed by atoms with Gasteiger partial charge in [-0.25, -0.2) is 18.6 Å². The maximum Gasteiger partial charge on any atom is 0.321 e. The van der Waals surface area contributed by atoms with Gasteiger partial charge in [-0.1, -0.05) is 13.0 Å². The molecule has 1 aromatic heterocycles. The number of hydrogen-bond donors (Lipinski definition) is 2. The zero-order chi connectivity index (χ0) is 23.4. The Morgan fingerprint density at radius 1 is 1.21 bits per heavy atom. The molecule has 2 aliphatic rings. The summed E-state index contributed by atoms with van der Waals surface area (Å²) in [6.45, 7) is 5.89. The van der Waals surface area contributed by atoms with E-state index < -0.39 is 11.6 Å². The second-order valence-corrected chi connectivity index (χ2v) is 8.28. The highest BCUT2D eigenvalue weighted by Crippen LogP contribution is 2.30. The molecule has 3 N–H and O–H groups in total. The van der Waals surface area contributed by atoms with Gasteiger partial charge in [0, 0.05) is 44.4 Å². The molecule has 1 atom stereocenters. The van der Waals surface area contributed by atoms with Crippen LogP contribution in [0.5, 0.6) is 0 Å². The molecule has 10 heteroatoms. The van der Waals surface area contributed by atoms with Crippen LogP contribution in [0.25, 0.3) is 6.20 Å². The minimum absolute atomic E-state index is 0.0219.